The molecular weight excluding hydrogens is 140 g/mol. The molecule has 1 aliphatic carbocycles. The molecule has 0 fully saturated rings. The third-order valence-electron chi connectivity index (χ3n) is 2.00. The van der Waals surface area contributed by atoms with Crippen molar-refractivity contribution >= 4 is 6.47 Å². The van der Waals surface area contributed by atoms with E-state index in [1.165, 1.54) is 5.57 Å². The van der Waals surface area contributed by atoms with Gasteiger partial charge in [-0.25, -0.2) is 0 Å². The number of hydrogen-bond donors (Lipinski definition) is 0. The van der Waals surface area contributed by atoms with Crippen molar-refractivity contribution in [3.8, 4) is 0 Å². The molecule has 0 aromatic heterocycles. The second-order valence-electron chi connectivity index (χ2n) is 3.28. The second kappa shape index (κ2) is 3.56. The van der Waals surface area contributed by atoms with Crippen LogP contribution in [0.1, 0.15) is 26.7 Å². The standard InChI is InChI=1S/C9H14O2/c1-7-3-8(2)5-9(4-7)11-6-10/h3,6-7,9H,4-5H2,1-2H3. The molecule has 0 saturated heterocycles. The van der Waals surface area contributed by atoms with Crippen LogP contribution in [0.5, 0.6) is 0 Å². The van der Waals surface area contributed by atoms with Crippen LogP contribution < -0.4 is 0 Å². The van der Waals surface area contributed by atoms with Gasteiger partial charge in [-0.2, -0.15) is 0 Å². The lowest BCUT2D eigenvalue weighted by Gasteiger charge is -2.23. The normalized spacial score (nSPS) is 30.9. The molecule has 2 nitrogen and oxygen atoms in total. The van der Waals surface area contributed by atoms with Crippen molar-refractivity contribution in [3.63, 3.8) is 0 Å². The van der Waals surface area contributed by atoms with Gasteiger partial charge in [0.1, 0.15) is 6.10 Å². The Labute approximate surface area is 67.2 Å². The van der Waals surface area contributed by atoms with Gasteiger partial charge in [0.15, 0.2) is 0 Å². The third-order valence-corrected chi connectivity index (χ3v) is 2.00. The van der Waals surface area contributed by atoms with Gasteiger partial charge in [0.25, 0.3) is 6.47 Å². The molecule has 62 valence electrons. The Hall–Kier alpha value is -0.790. The minimum atomic E-state index is 0.118. The first-order chi connectivity index (χ1) is 5.22. The molecule has 0 spiro atoms. The molecule has 1 rings (SSSR count). The lowest BCUT2D eigenvalue weighted by Crippen LogP contribution is -2.19. The minimum Gasteiger partial charge on any atom is -0.464 e. The maximum absolute atomic E-state index is 10.0. The summed E-state index contributed by atoms with van der Waals surface area (Å²) in [6, 6.07) is 0. The molecule has 2 atom stereocenters. The Balaban J connectivity index is 2.49. The van der Waals surface area contributed by atoms with Gasteiger partial charge in [0.05, 0.1) is 0 Å². The maximum atomic E-state index is 10.0. The van der Waals surface area contributed by atoms with Crippen LogP contribution in [0.2, 0.25) is 0 Å². The second-order valence-corrected chi connectivity index (χ2v) is 3.28. The smallest absolute Gasteiger partial charge is 0.293 e. The van der Waals surface area contributed by atoms with Crippen molar-refractivity contribution in [2.24, 2.45) is 5.92 Å². The summed E-state index contributed by atoms with van der Waals surface area (Å²) in [5, 5.41) is 0. The van der Waals surface area contributed by atoms with Gasteiger partial charge in [-0.3, -0.25) is 4.79 Å². The number of ether oxygens (including phenoxy) is 1. The highest BCUT2D eigenvalue weighted by molar-refractivity contribution is 5.37. The molecule has 0 bridgehead atoms. The van der Waals surface area contributed by atoms with Crippen molar-refractivity contribution in [1.29, 1.82) is 0 Å². The highest BCUT2D eigenvalue weighted by Gasteiger charge is 2.18. The van der Waals surface area contributed by atoms with Crippen molar-refractivity contribution in [3.05, 3.63) is 11.6 Å². The largest absolute Gasteiger partial charge is 0.464 e. The van der Waals surface area contributed by atoms with Gasteiger partial charge < -0.3 is 4.74 Å². The van der Waals surface area contributed by atoms with Crippen LogP contribution >= 0.6 is 0 Å². The van der Waals surface area contributed by atoms with E-state index in [0.717, 1.165) is 12.8 Å². The topological polar surface area (TPSA) is 26.3 Å². The van der Waals surface area contributed by atoms with Gasteiger partial charge >= 0.3 is 0 Å². The van der Waals surface area contributed by atoms with Crippen LogP contribution in [-0.2, 0) is 9.53 Å². The SMILES string of the molecule is CC1=CC(C)CC(OC=O)C1. The number of rotatable bonds is 2. The molecule has 2 unspecified atom stereocenters. The lowest BCUT2D eigenvalue weighted by atomic mass is 9.90. The minimum absolute atomic E-state index is 0.118. The van der Waals surface area contributed by atoms with Gasteiger partial charge in [-0.15, -0.1) is 0 Å². The third kappa shape index (κ3) is 2.37. The maximum Gasteiger partial charge on any atom is 0.293 e. The van der Waals surface area contributed by atoms with Crippen LogP contribution in [0, 0.1) is 5.92 Å². The summed E-state index contributed by atoms with van der Waals surface area (Å²) in [5.41, 5.74) is 1.33. The summed E-state index contributed by atoms with van der Waals surface area (Å²) in [6.45, 7) is 4.77. The molecule has 0 N–H and O–H groups in total. The van der Waals surface area contributed by atoms with Gasteiger partial charge in [-0.1, -0.05) is 18.6 Å². The zero-order valence-electron chi connectivity index (χ0n) is 7.04. The quantitative estimate of drug-likeness (QED) is 0.448. The molecule has 2 heteroatoms. The van der Waals surface area contributed by atoms with E-state index >= 15 is 0 Å². The Bertz CT molecular complexity index is 172. The fourth-order valence-electron chi connectivity index (χ4n) is 1.66. The van der Waals surface area contributed by atoms with Crippen LogP contribution in [-0.4, -0.2) is 12.6 Å². The molecule has 0 radical (unpaired) electrons. The number of carbonyl (C=O) groups excluding carboxylic acids is 1. The predicted octanol–water partition coefficient (Wildman–Crippen LogP) is 1.90. The van der Waals surface area contributed by atoms with E-state index < -0.39 is 0 Å². The van der Waals surface area contributed by atoms with E-state index in [2.05, 4.69) is 19.9 Å². The molecule has 0 saturated carbocycles. The highest BCUT2D eigenvalue weighted by Crippen LogP contribution is 2.24. The molecule has 0 aliphatic heterocycles. The van der Waals surface area contributed by atoms with Gasteiger partial charge in [0.2, 0.25) is 0 Å². The van der Waals surface area contributed by atoms with Crippen molar-refractivity contribution in [2.45, 2.75) is 32.8 Å². The van der Waals surface area contributed by atoms with E-state index in [9.17, 15) is 4.79 Å². The molecule has 11 heavy (non-hydrogen) atoms. The molecule has 0 aromatic carbocycles. The fraction of sp³-hybridized carbons (Fsp3) is 0.667. The van der Waals surface area contributed by atoms with Crippen molar-refractivity contribution < 1.29 is 9.53 Å². The first kappa shape index (κ1) is 8.31. The molecule has 0 amide bonds. The molecule has 0 heterocycles. The van der Waals surface area contributed by atoms with E-state index in [1.807, 2.05) is 0 Å². The fourth-order valence-corrected chi connectivity index (χ4v) is 1.66. The predicted molar refractivity (Wildman–Crippen MR) is 43.1 cm³/mol. The Morgan fingerprint density at radius 2 is 2.45 bits per heavy atom. The zero-order valence-corrected chi connectivity index (χ0v) is 7.04. The van der Waals surface area contributed by atoms with Crippen molar-refractivity contribution in [2.75, 3.05) is 0 Å². The van der Waals surface area contributed by atoms with Gasteiger partial charge in [-0.05, 0) is 19.3 Å². The summed E-state index contributed by atoms with van der Waals surface area (Å²) < 4.78 is 4.90. The van der Waals surface area contributed by atoms with Crippen LogP contribution in [0.15, 0.2) is 11.6 Å². The van der Waals surface area contributed by atoms with E-state index in [0.29, 0.717) is 12.4 Å². The average molecular weight is 154 g/mol. The highest BCUT2D eigenvalue weighted by atomic mass is 16.5. The Kier molecular flexibility index (Phi) is 2.69. The Morgan fingerprint density at radius 1 is 1.73 bits per heavy atom. The molecule has 1 aliphatic rings. The molecular formula is C9H14O2. The van der Waals surface area contributed by atoms with E-state index in [-0.39, 0.29) is 6.10 Å². The van der Waals surface area contributed by atoms with Crippen LogP contribution in [0.3, 0.4) is 0 Å². The summed E-state index contributed by atoms with van der Waals surface area (Å²) in [4.78, 5) is 10.0. The molecule has 0 aromatic rings. The lowest BCUT2D eigenvalue weighted by molar-refractivity contribution is -0.134. The number of hydrogen-bond acceptors (Lipinski definition) is 2. The van der Waals surface area contributed by atoms with Crippen LogP contribution in [0.4, 0.5) is 0 Å². The monoisotopic (exact) mass is 154 g/mol. The average Bonchev–Trinajstić information content (AvgIpc) is 1.85. The number of allylic oxidation sites excluding steroid dienone is 1. The van der Waals surface area contributed by atoms with Gasteiger partial charge in [0, 0.05) is 6.42 Å². The van der Waals surface area contributed by atoms with Crippen LogP contribution in [0.25, 0.3) is 0 Å². The first-order valence-electron chi connectivity index (χ1n) is 3.98. The van der Waals surface area contributed by atoms with E-state index in [4.69, 9.17) is 4.74 Å². The summed E-state index contributed by atoms with van der Waals surface area (Å²) in [5.74, 6) is 0.550. The van der Waals surface area contributed by atoms with Crippen molar-refractivity contribution in [1.82, 2.24) is 0 Å². The summed E-state index contributed by atoms with van der Waals surface area (Å²) in [6.07, 6.45) is 4.23. The summed E-state index contributed by atoms with van der Waals surface area (Å²) >= 11 is 0. The summed E-state index contributed by atoms with van der Waals surface area (Å²) in [7, 11) is 0. The zero-order chi connectivity index (χ0) is 8.27. The number of carbonyl (C=O) groups is 1. The van der Waals surface area contributed by atoms with E-state index in [1.54, 1.807) is 0 Å². The Morgan fingerprint density at radius 3 is 3.00 bits per heavy atom. The first-order valence-corrected chi connectivity index (χ1v) is 3.98.